The highest BCUT2D eigenvalue weighted by atomic mass is 32.1. The van der Waals surface area contributed by atoms with Crippen LogP contribution in [0.4, 0.5) is 17.1 Å². The smallest absolute Gasteiger partial charge is 0.274 e. The van der Waals surface area contributed by atoms with Crippen molar-refractivity contribution in [2.75, 3.05) is 17.7 Å². The van der Waals surface area contributed by atoms with E-state index in [1.165, 1.54) is 17.4 Å². The van der Waals surface area contributed by atoms with Crippen LogP contribution in [0.15, 0.2) is 78.9 Å². The van der Waals surface area contributed by atoms with Gasteiger partial charge >= 0.3 is 0 Å². The van der Waals surface area contributed by atoms with Gasteiger partial charge in [0, 0.05) is 28.3 Å². The largest absolute Gasteiger partial charge is 0.494 e. The van der Waals surface area contributed by atoms with E-state index in [2.05, 4.69) is 5.32 Å². The fourth-order valence-electron chi connectivity index (χ4n) is 4.24. The number of pyridine rings is 1. The predicted molar refractivity (Wildman–Crippen MR) is 152 cm³/mol. The van der Waals surface area contributed by atoms with Crippen LogP contribution in [0.3, 0.4) is 0 Å². The molecule has 0 radical (unpaired) electrons. The fourth-order valence-corrected chi connectivity index (χ4v) is 5.26. The van der Waals surface area contributed by atoms with Crippen molar-refractivity contribution < 1.29 is 14.5 Å². The first-order valence-electron chi connectivity index (χ1n) is 11.9. The molecule has 9 heteroatoms. The first kappa shape index (κ1) is 24.9. The van der Waals surface area contributed by atoms with Crippen LogP contribution in [0.2, 0.25) is 0 Å². The molecule has 0 aliphatic heterocycles. The number of hydrogen-bond acceptors (Lipinski definition) is 7. The molecule has 5 rings (SSSR count). The van der Waals surface area contributed by atoms with Gasteiger partial charge in [0.25, 0.3) is 11.6 Å². The zero-order valence-corrected chi connectivity index (χ0v) is 21.5. The molecule has 0 fully saturated rings. The summed E-state index contributed by atoms with van der Waals surface area (Å²) in [5.41, 5.74) is 11.1. The lowest BCUT2D eigenvalue weighted by atomic mass is 9.99. The Hall–Kier alpha value is -4.76. The van der Waals surface area contributed by atoms with E-state index in [-0.39, 0.29) is 10.6 Å². The van der Waals surface area contributed by atoms with Gasteiger partial charge in [0.15, 0.2) is 0 Å². The quantitative estimate of drug-likeness (QED) is 0.173. The maximum Gasteiger partial charge on any atom is 0.274 e. The third-order valence-electron chi connectivity index (χ3n) is 6.11. The molecule has 8 nitrogen and oxygen atoms in total. The van der Waals surface area contributed by atoms with Crippen LogP contribution in [0.1, 0.15) is 22.2 Å². The van der Waals surface area contributed by atoms with Crippen LogP contribution in [-0.4, -0.2) is 22.4 Å². The van der Waals surface area contributed by atoms with Crippen LogP contribution in [0.5, 0.6) is 5.75 Å². The topological polar surface area (TPSA) is 120 Å². The van der Waals surface area contributed by atoms with Crippen LogP contribution >= 0.6 is 11.3 Å². The summed E-state index contributed by atoms with van der Waals surface area (Å²) in [6.45, 7) is 4.16. The van der Waals surface area contributed by atoms with E-state index in [9.17, 15) is 14.9 Å². The number of anilines is 2. The molecular weight excluding hydrogens is 500 g/mol. The number of hydrogen-bond donors (Lipinski definition) is 2. The van der Waals surface area contributed by atoms with Crippen molar-refractivity contribution in [1.29, 1.82) is 0 Å². The average molecular weight is 525 g/mol. The highest BCUT2D eigenvalue weighted by Crippen LogP contribution is 2.41. The summed E-state index contributed by atoms with van der Waals surface area (Å²) < 4.78 is 5.56. The second-order valence-electron chi connectivity index (χ2n) is 8.62. The number of ether oxygens (including phenoxy) is 1. The van der Waals surface area contributed by atoms with Crippen molar-refractivity contribution in [2.45, 2.75) is 13.8 Å². The number of nitro groups is 1. The average Bonchev–Trinajstić information content (AvgIpc) is 3.26. The molecule has 2 heterocycles. The SMILES string of the molecule is CCOc1ccc(-c2cc(-c3ccccc3)c3c(N)c(C(=O)Nc4ccc(C)c([N+](=O)[O-])c4)sc3n2)cc1. The molecule has 0 aliphatic carbocycles. The van der Waals surface area contributed by atoms with Gasteiger partial charge in [0.1, 0.15) is 15.5 Å². The van der Waals surface area contributed by atoms with Crippen molar-refractivity contribution in [2.24, 2.45) is 0 Å². The number of benzene rings is 3. The van der Waals surface area contributed by atoms with E-state index in [0.29, 0.717) is 33.8 Å². The van der Waals surface area contributed by atoms with Crippen molar-refractivity contribution in [3.63, 3.8) is 0 Å². The second kappa shape index (κ2) is 10.3. The van der Waals surface area contributed by atoms with E-state index in [4.69, 9.17) is 15.5 Å². The van der Waals surface area contributed by atoms with Crippen molar-refractivity contribution in [3.05, 3.63) is 99.4 Å². The van der Waals surface area contributed by atoms with Crippen LogP contribution < -0.4 is 15.8 Å². The number of thiophene rings is 1. The summed E-state index contributed by atoms with van der Waals surface area (Å²) in [4.78, 5) is 29.9. The number of carbonyl (C=O) groups excluding carboxylic acids is 1. The third-order valence-corrected chi connectivity index (χ3v) is 7.21. The van der Waals surface area contributed by atoms with Gasteiger partial charge in [-0.3, -0.25) is 14.9 Å². The van der Waals surface area contributed by atoms with Crippen LogP contribution in [0, 0.1) is 17.0 Å². The number of nitro benzene ring substituents is 1. The Morgan fingerprint density at radius 3 is 2.47 bits per heavy atom. The van der Waals surface area contributed by atoms with Gasteiger partial charge < -0.3 is 15.8 Å². The highest BCUT2D eigenvalue weighted by Gasteiger charge is 2.22. The van der Waals surface area contributed by atoms with E-state index >= 15 is 0 Å². The molecule has 3 aromatic carbocycles. The number of amides is 1. The molecule has 3 N–H and O–H groups in total. The lowest BCUT2D eigenvalue weighted by molar-refractivity contribution is -0.385. The fraction of sp³-hybridized carbons (Fsp3) is 0.103. The number of aromatic nitrogens is 1. The molecule has 0 spiro atoms. The van der Waals surface area contributed by atoms with Gasteiger partial charge in [-0.2, -0.15) is 0 Å². The highest BCUT2D eigenvalue weighted by molar-refractivity contribution is 7.21. The van der Waals surface area contributed by atoms with E-state index in [1.54, 1.807) is 19.1 Å². The monoisotopic (exact) mass is 524 g/mol. The number of nitrogens with two attached hydrogens (primary N) is 1. The number of carbonyl (C=O) groups is 1. The van der Waals surface area contributed by atoms with Gasteiger partial charge in [-0.05, 0) is 61.4 Å². The first-order valence-corrected chi connectivity index (χ1v) is 12.8. The maximum atomic E-state index is 13.3. The number of fused-ring (bicyclic) bond motifs is 1. The van der Waals surface area contributed by atoms with Crippen molar-refractivity contribution in [1.82, 2.24) is 4.98 Å². The summed E-state index contributed by atoms with van der Waals surface area (Å²) in [5.74, 6) is 0.321. The van der Waals surface area contributed by atoms with Crippen molar-refractivity contribution >= 4 is 44.5 Å². The molecule has 2 aromatic heterocycles. The molecule has 0 unspecified atom stereocenters. The minimum absolute atomic E-state index is 0.0693. The predicted octanol–water partition coefficient (Wildman–Crippen LogP) is 7.08. The van der Waals surface area contributed by atoms with Crippen molar-refractivity contribution in [3.8, 4) is 28.1 Å². The first-order chi connectivity index (χ1) is 18.4. The van der Waals surface area contributed by atoms with Crippen LogP contribution in [0.25, 0.3) is 32.6 Å². The molecule has 0 bridgehead atoms. The number of rotatable bonds is 7. The molecular formula is C29H24N4O4S. The minimum Gasteiger partial charge on any atom is -0.494 e. The van der Waals surface area contributed by atoms with E-state index in [0.717, 1.165) is 28.1 Å². The molecule has 0 saturated heterocycles. The van der Waals surface area contributed by atoms with E-state index < -0.39 is 10.8 Å². The van der Waals surface area contributed by atoms with Gasteiger partial charge in [0.2, 0.25) is 0 Å². The molecule has 190 valence electrons. The second-order valence-corrected chi connectivity index (χ2v) is 9.62. The molecule has 38 heavy (non-hydrogen) atoms. The van der Waals surface area contributed by atoms with Crippen LogP contribution in [-0.2, 0) is 0 Å². The standard InChI is InChI=1S/C29H24N4O4S/c1-3-37-21-13-10-19(11-14-21)23-16-22(18-7-5-4-6-8-18)25-26(30)27(38-29(25)32-23)28(34)31-20-12-9-17(2)24(15-20)33(35)36/h4-16H,3,30H2,1-2H3,(H,31,34). The summed E-state index contributed by atoms with van der Waals surface area (Å²) in [6, 6.07) is 24.0. The van der Waals surface area contributed by atoms with Gasteiger partial charge in [-0.15, -0.1) is 11.3 Å². The van der Waals surface area contributed by atoms with Gasteiger partial charge in [0.05, 0.1) is 22.9 Å². The Balaban J connectivity index is 1.60. The third kappa shape index (κ3) is 4.79. The lowest BCUT2D eigenvalue weighted by Gasteiger charge is -2.10. The Morgan fingerprint density at radius 1 is 1.05 bits per heavy atom. The maximum absolute atomic E-state index is 13.3. The summed E-state index contributed by atoms with van der Waals surface area (Å²) in [7, 11) is 0. The molecule has 1 amide bonds. The Kier molecular flexibility index (Phi) is 6.76. The number of nitrogen functional groups attached to an aromatic ring is 1. The molecule has 0 aliphatic rings. The number of aryl methyl sites for hydroxylation is 1. The lowest BCUT2D eigenvalue weighted by Crippen LogP contribution is -2.12. The van der Waals surface area contributed by atoms with E-state index in [1.807, 2.05) is 67.6 Å². The zero-order chi connectivity index (χ0) is 26.8. The summed E-state index contributed by atoms with van der Waals surface area (Å²) in [5, 5.41) is 14.8. The Morgan fingerprint density at radius 2 is 1.79 bits per heavy atom. The Bertz CT molecular complexity index is 1660. The normalized spacial score (nSPS) is 10.9. The van der Waals surface area contributed by atoms with Gasteiger partial charge in [-0.1, -0.05) is 36.4 Å². The molecule has 0 saturated carbocycles. The zero-order valence-electron chi connectivity index (χ0n) is 20.7. The number of nitrogens with zero attached hydrogens (tertiary/aromatic N) is 2. The van der Waals surface area contributed by atoms with Gasteiger partial charge in [-0.25, -0.2) is 4.98 Å². The Labute approximate surface area is 222 Å². The minimum atomic E-state index is -0.475. The summed E-state index contributed by atoms with van der Waals surface area (Å²) >= 11 is 1.19. The number of nitrogens with one attached hydrogen (secondary N) is 1. The molecule has 5 aromatic rings. The molecule has 0 atom stereocenters. The summed E-state index contributed by atoms with van der Waals surface area (Å²) in [6.07, 6.45) is 0.